The minimum Gasteiger partial charge on any atom is -0.299 e. The van der Waals surface area contributed by atoms with E-state index in [4.69, 9.17) is 11.6 Å². The van der Waals surface area contributed by atoms with Crippen molar-refractivity contribution in [3.63, 3.8) is 0 Å². The fourth-order valence-corrected chi connectivity index (χ4v) is 2.05. The first-order valence-electron chi connectivity index (χ1n) is 4.84. The average Bonchev–Trinajstić information content (AvgIpc) is 2.39. The van der Waals surface area contributed by atoms with E-state index in [1.165, 1.54) is 5.56 Å². The largest absolute Gasteiger partial charge is 0.320 e. The molecule has 0 aromatic heterocycles. The fraction of sp³-hybridized carbons (Fsp3) is 0.364. The van der Waals surface area contributed by atoms with E-state index in [0.29, 0.717) is 0 Å². The minimum absolute atomic E-state index is 0.376. The number of rotatable bonds is 0. The van der Waals surface area contributed by atoms with Gasteiger partial charge < -0.3 is 0 Å². The zero-order valence-electron chi connectivity index (χ0n) is 7.87. The summed E-state index contributed by atoms with van der Waals surface area (Å²) in [6.45, 7) is 0.735. The molecule has 2 nitrogen and oxygen atoms in total. The Labute approximate surface area is 88.5 Å². The van der Waals surface area contributed by atoms with Gasteiger partial charge in [-0.2, -0.15) is 0 Å². The number of fused-ring (bicyclic) bond motifs is 1. The number of hydrogen-bond donors (Lipinski definition) is 0. The number of nitrogens with zero attached hydrogens (tertiary/aromatic N) is 1. The van der Waals surface area contributed by atoms with Crippen molar-refractivity contribution in [1.82, 2.24) is 0 Å². The second kappa shape index (κ2) is 4.01. The Kier molecular flexibility index (Phi) is 2.73. The summed E-state index contributed by atoms with van der Waals surface area (Å²) in [4.78, 5) is 12.9. The maximum Gasteiger partial charge on any atom is 0.320 e. The van der Waals surface area contributed by atoms with Crippen LogP contribution in [0.5, 0.6) is 0 Å². The summed E-state index contributed by atoms with van der Waals surface area (Å²) in [5.41, 5.74) is 2.20. The van der Waals surface area contributed by atoms with E-state index in [9.17, 15) is 4.79 Å². The lowest BCUT2D eigenvalue weighted by atomic mass is 10.1. The SMILES string of the molecule is O=C(Cl)N1CCCCc2ccccc21. The zero-order valence-corrected chi connectivity index (χ0v) is 8.63. The molecule has 0 bridgehead atoms. The summed E-state index contributed by atoms with van der Waals surface area (Å²) >= 11 is 5.54. The van der Waals surface area contributed by atoms with Crippen molar-refractivity contribution in [1.29, 1.82) is 0 Å². The van der Waals surface area contributed by atoms with E-state index in [2.05, 4.69) is 6.07 Å². The monoisotopic (exact) mass is 209 g/mol. The van der Waals surface area contributed by atoms with Gasteiger partial charge in [0.05, 0.1) is 0 Å². The van der Waals surface area contributed by atoms with Gasteiger partial charge in [0.15, 0.2) is 0 Å². The van der Waals surface area contributed by atoms with E-state index in [0.717, 1.165) is 31.5 Å². The predicted octanol–water partition coefficient (Wildman–Crippen LogP) is 3.19. The smallest absolute Gasteiger partial charge is 0.299 e. The summed E-state index contributed by atoms with van der Waals surface area (Å²) in [5.74, 6) is 0. The van der Waals surface area contributed by atoms with Crippen LogP contribution in [0.15, 0.2) is 24.3 Å². The van der Waals surface area contributed by atoms with Crippen molar-refractivity contribution in [3.8, 4) is 0 Å². The molecule has 14 heavy (non-hydrogen) atoms. The van der Waals surface area contributed by atoms with Gasteiger partial charge in [0.25, 0.3) is 0 Å². The Morgan fingerprint density at radius 3 is 2.86 bits per heavy atom. The number of aryl methyl sites for hydroxylation is 1. The lowest BCUT2D eigenvalue weighted by Gasteiger charge is -2.19. The molecule has 1 aliphatic heterocycles. The molecule has 3 heteroatoms. The van der Waals surface area contributed by atoms with Gasteiger partial charge in [0.1, 0.15) is 0 Å². The molecule has 0 saturated carbocycles. The average molecular weight is 210 g/mol. The molecule has 0 atom stereocenters. The van der Waals surface area contributed by atoms with Gasteiger partial charge in [-0.1, -0.05) is 18.2 Å². The molecule has 0 saturated heterocycles. The highest BCUT2D eigenvalue weighted by Gasteiger charge is 2.18. The number of amides is 1. The van der Waals surface area contributed by atoms with E-state index < -0.39 is 0 Å². The van der Waals surface area contributed by atoms with Crippen LogP contribution in [0.2, 0.25) is 0 Å². The molecule has 1 amide bonds. The maximum atomic E-state index is 11.2. The Morgan fingerprint density at radius 1 is 1.29 bits per heavy atom. The van der Waals surface area contributed by atoms with Crippen LogP contribution in [0.25, 0.3) is 0 Å². The molecule has 74 valence electrons. The third-order valence-corrected chi connectivity index (χ3v) is 2.78. The highest BCUT2D eigenvalue weighted by molar-refractivity contribution is 6.66. The number of anilines is 1. The van der Waals surface area contributed by atoms with E-state index in [1.54, 1.807) is 4.90 Å². The van der Waals surface area contributed by atoms with Gasteiger partial charge in [-0.3, -0.25) is 9.69 Å². The molecule has 2 rings (SSSR count). The van der Waals surface area contributed by atoms with Crippen molar-refractivity contribution >= 4 is 22.7 Å². The van der Waals surface area contributed by atoms with Crippen molar-refractivity contribution in [3.05, 3.63) is 29.8 Å². The highest BCUT2D eigenvalue weighted by atomic mass is 35.5. The molecular weight excluding hydrogens is 198 g/mol. The number of halogens is 1. The quantitative estimate of drug-likeness (QED) is 0.475. The van der Waals surface area contributed by atoms with Gasteiger partial charge >= 0.3 is 5.37 Å². The maximum absolute atomic E-state index is 11.2. The molecule has 1 heterocycles. The lowest BCUT2D eigenvalue weighted by molar-refractivity contribution is 0.264. The molecule has 1 aromatic carbocycles. The Hall–Kier alpha value is -1.02. The third kappa shape index (κ3) is 1.75. The van der Waals surface area contributed by atoms with Crippen molar-refractivity contribution < 1.29 is 4.79 Å². The van der Waals surface area contributed by atoms with Crippen LogP contribution in [-0.4, -0.2) is 11.9 Å². The van der Waals surface area contributed by atoms with Crippen LogP contribution >= 0.6 is 11.6 Å². The molecule has 0 spiro atoms. The van der Waals surface area contributed by atoms with Crippen LogP contribution in [0.4, 0.5) is 10.5 Å². The first-order chi connectivity index (χ1) is 6.79. The Bertz CT molecular complexity index is 351. The fourth-order valence-electron chi connectivity index (χ4n) is 1.87. The van der Waals surface area contributed by atoms with Crippen molar-refractivity contribution in [2.45, 2.75) is 19.3 Å². The first-order valence-corrected chi connectivity index (χ1v) is 5.22. The van der Waals surface area contributed by atoms with Gasteiger partial charge in [0.2, 0.25) is 0 Å². The molecule has 0 aliphatic carbocycles. The molecule has 0 unspecified atom stereocenters. The summed E-state index contributed by atoms with van der Waals surface area (Å²) < 4.78 is 0. The molecular formula is C11H12ClNO. The van der Waals surface area contributed by atoms with E-state index in [-0.39, 0.29) is 5.37 Å². The molecule has 0 fully saturated rings. The predicted molar refractivity (Wildman–Crippen MR) is 58.0 cm³/mol. The normalized spacial score (nSPS) is 15.9. The molecule has 0 radical (unpaired) electrons. The Morgan fingerprint density at radius 2 is 2.07 bits per heavy atom. The van der Waals surface area contributed by atoms with Gasteiger partial charge in [-0.25, -0.2) is 0 Å². The van der Waals surface area contributed by atoms with Crippen LogP contribution in [0.1, 0.15) is 18.4 Å². The van der Waals surface area contributed by atoms with Crippen LogP contribution in [-0.2, 0) is 6.42 Å². The summed E-state index contributed by atoms with van der Waals surface area (Å²) in [6, 6.07) is 7.96. The highest BCUT2D eigenvalue weighted by Crippen LogP contribution is 2.26. The first kappa shape index (κ1) is 9.53. The molecule has 1 aliphatic rings. The Balaban J connectivity index is 2.42. The van der Waals surface area contributed by atoms with Crippen LogP contribution in [0.3, 0.4) is 0 Å². The van der Waals surface area contributed by atoms with Crippen LogP contribution < -0.4 is 4.90 Å². The lowest BCUT2D eigenvalue weighted by Crippen LogP contribution is -2.26. The zero-order chi connectivity index (χ0) is 9.97. The van der Waals surface area contributed by atoms with Crippen molar-refractivity contribution in [2.24, 2.45) is 0 Å². The number of para-hydroxylation sites is 1. The third-order valence-electron chi connectivity index (χ3n) is 2.57. The summed E-state index contributed by atoms with van der Waals surface area (Å²) in [7, 11) is 0. The van der Waals surface area contributed by atoms with Gasteiger partial charge in [0, 0.05) is 12.2 Å². The van der Waals surface area contributed by atoms with Crippen LogP contribution in [0, 0.1) is 0 Å². The minimum atomic E-state index is -0.376. The second-order valence-corrected chi connectivity index (χ2v) is 3.81. The number of benzene rings is 1. The standard InChI is InChI=1S/C11H12ClNO/c12-11(14)13-8-4-3-6-9-5-1-2-7-10(9)13/h1-2,5,7H,3-4,6,8H2. The van der Waals surface area contributed by atoms with Gasteiger partial charge in [-0.05, 0) is 42.5 Å². The van der Waals surface area contributed by atoms with E-state index in [1.807, 2.05) is 18.2 Å². The van der Waals surface area contributed by atoms with E-state index >= 15 is 0 Å². The second-order valence-electron chi connectivity index (χ2n) is 3.49. The number of carbonyl (C=O) groups is 1. The summed E-state index contributed by atoms with van der Waals surface area (Å²) in [5, 5.41) is -0.376. The number of carbonyl (C=O) groups excluding carboxylic acids is 1. The number of hydrogen-bond acceptors (Lipinski definition) is 1. The topological polar surface area (TPSA) is 20.3 Å². The van der Waals surface area contributed by atoms with Crippen molar-refractivity contribution in [2.75, 3.05) is 11.4 Å². The summed E-state index contributed by atoms with van der Waals surface area (Å²) in [6.07, 6.45) is 3.18. The molecule has 1 aromatic rings. The molecule has 0 N–H and O–H groups in total. The van der Waals surface area contributed by atoms with Gasteiger partial charge in [-0.15, -0.1) is 0 Å².